The summed E-state index contributed by atoms with van der Waals surface area (Å²) in [5, 5.41) is 20.2. The van der Waals surface area contributed by atoms with Crippen LogP contribution in [-0.2, 0) is 6.61 Å². The van der Waals surface area contributed by atoms with E-state index in [-0.39, 0.29) is 23.9 Å². The molecule has 5 rings (SSSR count). The monoisotopic (exact) mass is 636 g/mol. The number of nitrogen functional groups attached to an aromatic ring is 1. The van der Waals surface area contributed by atoms with E-state index in [0.29, 0.717) is 44.4 Å². The van der Waals surface area contributed by atoms with Gasteiger partial charge in [0.2, 0.25) is 11.6 Å². The van der Waals surface area contributed by atoms with Crippen LogP contribution in [0, 0.1) is 0 Å². The predicted molar refractivity (Wildman–Crippen MR) is 155 cm³/mol. The summed E-state index contributed by atoms with van der Waals surface area (Å²) in [6.45, 7) is 2.52. The zero-order valence-electron chi connectivity index (χ0n) is 21.5. The first-order valence-electron chi connectivity index (χ1n) is 12.2. The van der Waals surface area contributed by atoms with E-state index in [1.54, 1.807) is 30.3 Å². The van der Waals surface area contributed by atoms with Crippen molar-refractivity contribution in [3.63, 3.8) is 0 Å². The Morgan fingerprint density at radius 3 is 2.66 bits per heavy atom. The number of benzene rings is 3. The van der Waals surface area contributed by atoms with Gasteiger partial charge in [-0.1, -0.05) is 65.3 Å². The highest BCUT2D eigenvalue weighted by atomic mass is 79.9. The van der Waals surface area contributed by atoms with Gasteiger partial charge in [-0.25, -0.2) is 10.1 Å². The second kappa shape index (κ2) is 12.6. The molecule has 0 aliphatic heterocycles. The topological polar surface area (TPSA) is 156 Å². The highest BCUT2D eigenvalue weighted by molar-refractivity contribution is 9.10. The Labute approximate surface area is 247 Å². The van der Waals surface area contributed by atoms with Crippen LogP contribution >= 0.6 is 27.5 Å². The molecule has 41 heavy (non-hydrogen) atoms. The number of amides is 1. The van der Waals surface area contributed by atoms with Crippen LogP contribution in [0.1, 0.15) is 28.5 Å². The number of carbonyl (C=O) groups excluding carboxylic acids is 1. The molecule has 14 heteroatoms. The number of hydrazone groups is 1. The smallest absolute Gasteiger partial charge is 0.292 e. The lowest BCUT2D eigenvalue weighted by Gasteiger charge is -2.15. The third-order valence-corrected chi connectivity index (χ3v) is 6.63. The van der Waals surface area contributed by atoms with Crippen molar-refractivity contribution in [1.29, 1.82) is 0 Å². The molecule has 0 saturated carbocycles. The molecule has 1 amide bonds. The fourth-order valence-corrected chi connectivity index (χ4v) is 4.58. The van der Waals surface area contributed by atoms with E-state index < -0.39 is 5.91 Å². The lowest BCUT2D eigenvalue weighted by molar-refractivity contribution is 0.0947. The van der Waals surface area contributed by atoms with Crippen LogP contribution in [0.4, 0.5) is 5.82 Å². The number of nitrogens with one attached hydrogen (secondary N) is 1. The molecule has 0 spiro atoms. The van der Waals surface area contributed by atoms with Crippen molar-refractivity contribution in [3.05, 3.63) is 93.0 Å². The van der Waals surface area contributed by atoms with Crippen LogP contribution < -0.4 is 20.6 Å². The van der Waals surface area contributed by atoms with E-state index in [2.05, 4.69) is 51.7 Å². The number of nitrogens with two attached hydrogens (primary N) is 1. The van der Waals surface area contributed by atoms with E-state index in [0.717, 1.165) is 10.2 Å². The van der Waals surface area contributed by atoms with Crippen LogP contribution in [0.5, 0.6) is 11.5 Å². The summed E-state index contributed by atoms with van der Waals surface area (Å²) in [5.74, 6) is 0.346. The van der Waals surface area contributed by atoms with Gasteiger partial charge in [-0.15, -0.1) is 5.10 Å². The van der Waals surface area contributed by atoms with Gasteiger partial charge in [0.15, 0.2) is 17.2 Å². The molecule has 12 nitrogen and oxygen atoms in total. The Morgan fingerprint density at radius 2 is 1.93 bits per heavy atom. The molecule has 5 aromatic rings. The standard InChI is InChI=1S/C27H22BrClN8O4/c1-2-39-21-13-16(12-19(28)24(21)40-15-18-10-6-7-11-20(18)29)14-31-33-27(38)23-22(17-8-4-3-5-9-17)32-36-37(23)26-25(30)34-41-35-26/h3-14H,2,15H2,1H3,(H2,30,34)(H,33,38)/b31-14+. The molecule has 208 valence electrons. The van der Waals surface area contributed by atoms with Gasteiger partial charge in [0.1, 0.15) is 12.3 Å². The molecular weight excluding hydrogens is 616 g/mol. The molecule has 2 heterocycles. The number of carbonyl (C=O) groups is 1. The molecule has 3 aromatic carbocycles. The van der Waals surface area contributed by atoms with Crippen molar-refractivity contribution >= 4 is 45.5 Å². The third kappa shape index (κ3) is 6.21. The molecule has 0 unspecified atom stereocenters. The molecule has 0 fully saturated rings. The zero-order chi connectivity index (χ0) is 28.8. The van der Waals surface area contributed by atoms with Crippen LogP contribution in [0.25, 0.3) is 17.1 Å². The number of ether oxygens (including phenoxy) is 2. The van der Waals surface area contributed by atoms with E-state index in [1.807, 2.05) is 43.3 Å². The minimum Gasteiger partial charge on any atom is -0.490 e. The van der Waals surface area contributed by atoms with E-state index in [4.69, 9.17) is 26.8 Å². The van der Waals surface area contributed by atoms with Gasteiger partial charge >= 0.3 is 0 Å². The second-order valence-electron chi connectivity index (χ2n) is 8.38. The lowest BCUT2D eigenvalue weighted by atomic mass is 10.1. The molecule has 0 atom stereocenters. The highest BCUT2D eigenvalue weighted by Crippen LogP contribution is 2.37. The molecule has 0 aliphatic rings. The summed E-state index contributed by atoms with van der Waals surface area (Å²) >= 11 is 9.81. The Bertz CT molecular complexity index is 1710. The van der Waals surface area contributed by atoms with E-state index in [1.165, 1.54) is 6.21 Å². The molecular formula is C27H22BrClN8O4. The number of hydrogen-bond donors (Lipinski definition) is 2. The molecule has 0 radical (unpaired) electrons. The van der Waals surface area contributed by atoms with Gasteiger partial charge in [-0.05, 0) is 56.9 Å². The number of aromatic nitrogens is 5. The first-order chi connectivity index (χ1) is 20.0. The quantitative estimate of drug-likeness (QED) is 0.158. The van der Waals surface area contributed by atoms with Crippen LogP contribution in [0.3, 0.4) is 0 Å². The SMILES string of the molecule is CCOc1cc(/C=N/NC(=O)c2c(-c3ccccc3)nnn2-c2nonc2N)cc(Br)c1OCc1ccccc1Cl. The van der Waals surface area contributed by atoms with Gasteiger partial charge in [-0.3, -0.25) is 4.79 Å². The van der Waals surface area contributed by atoms with Crippen molar-refractivity contribution in [2.24, 2.45) is 5.10 Å². The Hall–Kier alpha value is -4.75. The maximum absolute atomic E-state index is 13.3. The van der Waals surface area contributed by atoms with Crippen LogP contribution in [0.2, 0.25) is 5.02 Å². The van der Waals surface area contributed by atoms with Crippen molar-refractivity contribution in [2.75, 3.05) is 12.3 Å². The maximum atomic E-state index is 13.3. The van der Waals surface area contributed by atoms with E-state index >= 15 is 0 Å². The average Bonchev–Trinajstić information content (AvgIpc) is 3.60. The third-order valence-electron chi connectivity index (χ3n) is 5.67. The number of anilines is 1. The highest BCUT2D eigenvalue weighted by Gasteiger charge is 2.26. The van der Waals surface area contributed by atoms with Crippen molar-refractivity contribution in [2.45, 2.75) is 13.5 Å². The van der Waals surface area contributed by atoms with Gasteiger partial charge in [0.05, 0.1) is 17.3 Å². The van der Waals surface area contributed by atoms with E-state index in [9.17, 15) is 4.79 Å². The minimum atomic E-state index is -0.615. The molecule has 2 aromatic heterocycles. The first-order valence-corrected chi connectivity index (χ1v) is 13.4. The summed E-state index contributed by atoms with van der Waals surface area (Å²) in [4.78, 5) is 13.3. The Morgan fingerprint density at radius 1 is 1.15 bits per heavy atom. The molecule has 0 saturated heterocycles. The maximum Gasteiger partial charge on any atom is 0.292 e. The van der Waals surface area contributed by atoms with Gasteiger partial charge in [-0.2, -0.15) is 9.78 Å². The van der Waals surface area contributed by atoms with Gasteiger partial charge in [0, 0.05) is 16.1 Å². The summed E-state index contributed by atoms with van der Waals surface area (Å²) in [5.41, 5.74) is 10.8. The number of halogens is 2. The number of nitrogens with zero attached hydrogens (tertiary/aromatic N) is 6. The molecule has 0 aliphatic carbocycles. The summed E-state index contributed by atoms with van der Waals surface area (Å²) in [7, 11) is 0. The minimum absolute atomic E-state index is 0.0199. The fourth-order valence-electron chi connectivity index (χ4n) is 3.81. The summed E-state index contributed by atoms with van der Waals surface area (Å²) < 4.78 is 18.3. The van der Waals surface area contributed by atoms with Gasteiger partial charge < -0.3 is 15.2 Å². The lowest BCUT2D eigenvalue weighted by Crippen LogP contribution is -2.22. The predicted octanol–water partition coefficient (Wildman–Crippen LogP) is 5.06. The van der Waals surface area contributed by atoms with Crippen LogP contribution in [0.15, 0.2) is 80.9 Å². The fraction of sp³-hybridized carbons (Fsp3) is 0.111. The van der Waals surface area contributed by atoms with Crippen molar-refractivity contribution in [3.8, 4) is 28.6 Å². The summed E-state index contributed by atoms with van der Waals surface area (Å²) in [6.07, 6.45) is 1.46. The normalized spacial score (nSPS) is 11.1. The van der Waals surface area contributed by atoms with Crippen molar-refractivity contribution in [1.82, 2.24) is 30.7 Å². The zero-order valence-corrected chi connectivity index (χ0v) is 23.8. The Kier molecular flexibility index (Phi) is 8.56. The summed E-state index contributed by atoms with van der Waals surface area (Å²) in [6, 6.07) is 20.0. The average molecular weight is 638 g/mol. The Balaban J connectivity index is 1.39. The number of hydrogen-bond acceptors (Lipinski definition) is 10. The van der Waals surface area contributed by atoms with Crippen LogP contribution in [-0.4, -0.2) is 44.0 Å². The number of rotatable bonds is 10. The largest absolute Gasteiger partial charge is 0.490 e. The molecule has 0 bridgehead atoms. The first kappa shape index (κ1) is 27.8. The van der Waals surface area contributed by atoms with Crippen molar-refractivity contribution < 1.29 is 18.9 Å². The van der Waals surface area contributed by atoms with Gasteiger partial charge in [0.25, 0.3) is 5.91 Å². The molecule has 3 N–H and O–H groups in total. The second-order valence-corrected chi connectivity index (χ2v) is 9.64.